The number of carbonyl (C=O) groups excluding carboxylic acids is 1. The maximum absolute atomic E-state index is 13.1. The minimum Gasteiger partial charge on any atom is -0.490 e. The Morgan fingerprint density at radius 1 is 1.29 bits per heavy atom. The highest BCUT2D eigenvalue weighted by Gasteiger charge is 2.13. The van der Waals surface area contributed by atoms with Crippen molar-refractivity contribution >= 4 is 17.4 Å². The van der Waals surface area contributed by atoms with Crippen LogP contribution in [0.25, 0.3) is 0 Å². The highest BCUT2D eigenvalue weighted by Crippen LogP contribution is 2.23. The smallest absolute Gasteiger partial charge is 0.163 e. The Kier molecular flexibility index (Phi) is 4.94. The molecule has 2 aromatic carbocycles. The van der Waals surface area contributed by atoms with Gasteiger partial charge >= 0.3 is 0 Å². The van der Waals surface area contributed by atoms with Gasteiger partial charge in [0, 0.05) is 5.02 Å². The molecule has 1 N–H and O–H groups in total. The average molecular weight is 309 g/mol. The third kappa shape index (κ3) is 4.03. The SMILES string of the molecule is CC(=O)c1cc(F)ccc1OCC(O)c1ccc(Cl)cc1. The normalized spacial score (nSPS) is 12.0. The summed E-state index contributed by atoms with van der Waals surface area (Å²) in [5.74, 6) is -0.562. The van der Waals surface area contributed by atoms with Crippen LogP contribution in [-0.4, -0.2) is 17.5 Å². The molecule has 0 saturated carbocycles. The topological polar surface area (TPSA) is 46.5 Å². The number of rotatable bonds is 5. The number of carbonyl (C=O) groups is 1. The predicted molar refractivity (Wildman–Crippen MR) is 78.3 cm³/mol. The van der Waals surface area contributed by atoms with E-state index >= 15 is 0 Å². The van der Waals surface area contributed by atoms with Gasteiger partial charge in [-0.3, -0.25) is 4.79 Å². The minimum atomic E-state index is -0.868. The summed E-state index contributed by atoms with van der Waals surface area (Å²) < 4.78 is 18.6. The van der Waals surface area contributed by atoms with E-state index in [2.05, 4.69) is 0 Å². The molecule has 5 heteroatoms. The quantitative estimate of drug-likeness (QED) is 0.855. The molecule has 0 amide bonds. The monoisotopic (exact) mass is 308 g/mol. The predicted octanol–water partition coefficient (Wildman–Crippen LogP) is 3.79. The van der Waals surface area contributed by atoms with Crippen LogP contribution in [0.4, 0.5) is 4.39 Å². The lowest BCUT2D eigenvalue weighted by Crippen LogP contribution is -2.11. The van der Waals surface area contributed by atoms with Crippen molar-refractivity contribution in [1.29, 1.82) is 0 Å². The fraction of sp³-hybridized carbons (Fsp3) is 0.188. The number of ketones is 1. The summed E-state index contributed by atoms with van der Waals surface area (Å²) in [5.41, 5.74) is 0.796. The fourth-order valence-electron chi connectivity index (χ4n) is 1.85. The number of halogens is 2. The molecule has 0 saturated heterocycles. The standard InChI is InChI=1S/C16H14ClFO3/c1-10(19)14-8-13(18)6-7-16(14)21-9-15(20)11-2-4-12(17)5-3-11/h2-8,15,20H,9H2,1H3. The first-order valence-electron chi connectivity index (χ1n) is 6.34. The lowest BCUT2D eigenvalue weighted by molar-refractivity contribution is 0.0976. The van der Waals surface area contributed by atoms with Crippen LogP contribution in [-0.2, 0) is 0 Å². The molecule has 0 aliphatic heterocycles. The summed E-state index contributed by atoms with van der Waals surface area (Å²) in [4.78, 5) is 11.4. The Morgan fingerprint density at radius 3 is 2.57 bits per heavy atom. The third-order valence-electron chi connectivity index (χ3n) is 2.97. The van der Waals surface area contributed by atoms with Crippen molar-refractivity contribution in [3.05, 3.63) is 64.4 Å². The Balaban J connectivity index is 2.09. The molecule has 2 rings (SSSR count). The van der Waals surface area contributed by atoms with Gasteiger partial charge in [-0.1, -0.05) is 23.7 Å². The number of aliphatic hydroxyl groups is 1. The van der Waals surface area contributed by atoms with Gasteiger partial charge in [-0.05, 0) is 42.8 Å². The highest BCUT2D eigenvalue weighted by atomic mass is 35.5. The van der Waals surface area contributed by atoms with E-state index in [1.807, 2.05) is 0 Å². The highest BCUT2D eigenvalue weighted by molar-refractivity contribution is 6.30. The van der Waals surface area contributed by atoms with E-state index in [1.165, 1.54) is 19.1 Å². The van der Waals surface area contributed by atoms with E-state index in [1.54, 1.807) is 24.3 Å². The van der Waals surface area contributed by atoms with Crippen molar-refractivity contribution in [2.24, 2.45) is 0 Å². The van der Waals surface area contributed by atoms with Gasteiger partial charge in [0.25, 0.3) is 0 Å². The first kappa shape index (κ1) is 15.5. The lowest BCUT2D eigenvalue weighted by atomic mass is 10.1. The summed E-state index contributed by atoms with van der Waals surface area (Å²) >= 11 is 5.77. The van der Waals surface area contributed by atoms with Gasteiger partial charge in [-0.25, -0.2) is 4.39 Å². The molecule has 1 atom stereocenters. The van der Waals surface area contributed by atoms with Crippen LogP contribution >= 0.6 is 11.6 Å². The van der Waals surface area contributed by atoms with Crippen molar-refractivity contribution in [3.8, 4) is 5.75 Å². The van der Waals surface area contributed by atoms with Crippen LogP contribution in [0.15, 0.2) is 42.5 Å². The third-order valence-corrected chi connectivity index (χ3v) is 3.22. The summed E-state index contributed by atoms with van der Waals surface area (Å²) in [6.45, 7) is 1.28. The van der Waals surface area contributed by atoms with Gasteiger partial charge in [0.1, 0.15) is 24.3 Å². The number of aliphatic hydroxyl groups excluding tert-OH is 1. The van der Waals surface area contributed by atoms with Crippen LogP contribution in [0.1, 0.15) is 28.9 Å². The van der Waals surface area contributed by atoms with E-state index in [-0.39, 0.29) is 23.7 Å². The number of benzene rings is 2. The number of hydrogen-bond acceptors (Lipinski definition) is 3. The van der Waals surface area contributed by atoms with Gasteiger partial charge < -0.3 is 9.84 Å². The zero-order valence-corrected chi connectivity index (χ0v) is 12.1. The van der Waals surface area contributed by atoms with E-state index < -0.39 is 11.9 Å². The average Bonchev–Trinajstić information content (AvgIpc) is 2.46. The van der Waals surface area contributed by atoms with E-state index in [4.69, 9.17) is 16.3 Å². The first-order chi connectivity index (χ1) is 9.97. The Morgan fingerprint density at radius 2 is 1.95 bits per heavy atom. The molecular weight excluding hydrogens is 295 g/mol. The molecule has 3 nitrogen and oxygen atoms in total. The molecule has 0 heterocycles. The molecule has 0 aliphatic carbocycles. The number of ether oxygens (including phenoxy) is 1. The lowest BCUT2D eigenvalue weighted by Gasteiger charge is -2.14. The van der Waals surface area contributed by atoms with Crippen LogP contribution in [0, 0.1) is 5.82 Å². The summed E-state index contributed by atoms with van der Waals surface area (Å²) in [5, 5.41) is 10.6. The molecule has 0 aliphatic rings. The second kappa shape index (κ2) is 6.70. The van der Waals surface area contributed by atoms with Crippen LogP contribution in [0.5, 0.6) is 5.75 Å². The first-order valence-corrected chi connectivity index (χ1v) is 6.72. The summed E-state index contributed by atoms with van der Waals surface area (Å²) in [6.07, 6.45) is -0.868. The molecule has 0 bridgehead atoms. The molecule has 110 valence electrons. The van der Waals surface area contributed by atoms with Crippen LogP contribution in [0.2, 0.25) is 5.02 Å². The van der Waals surface area contributed by atoms with Crippen molar-refractivity contribution in [2.75, 3.05) is 6.61 Å². The van der Waals surface area contributed by atoms with Gasteiger partial charge in [0.05, 0.1) is 5.56 Å². The molecule has 21 heavy (non-hydrogen) atoms. The molecule has 0 fully saturated rings. The van der Waals surface area contributed by atoms with E-state index in [9.17, 15) is 14.3 Å². The van der Waals surface area contributed by atoms with Crippen LogP contribution < -0.4 is 4.74 Å². The zero-order chi connectivity index (χ0) is 15.4. The Hall–Kier alpha value is -1.91. The van der Waals surface area contributed by atoms with Gasteiger partial charge in [0.2, 0.25) is 0 Å². The molecule has 0 spiro atoms. The van der Waals surface area contributed by atoms with Crippen LogP contribution in [0.3, 0.4) is 0 Å². The van der Waals surface area contributed by atoms with Crippen molar-refractivity contribution in [2.45, 2.75) is 13.0 Å². The van der Waals surface area contributed by atoms with E-state index in [0.29, 0.717) is 10.6 Å². The number of hydrogen-bond donors (Lipinski definition) is 1. The molecule has 0 radical (unpaired) electrons. The Bertz CT molecular complexity index is 640. The number of Topliss-reactive ketones (excluding diaryl/α,β-unsaturated/α-hetero) is 1. The molecule has 2 aromatic rings. The van der Waals surface area contributed by atoms with Crippen molar-refractivity contribution in [1.82, 2.24) is 0 Å². The zero-order valence-electron chi connectivity index (χ0n) is 11.3. The van der Waals surface area contributed by atoms with Gasteiger partial charge in [-0.2, -0.15) is 0 Å². The van der Waals surface area contributed by atoms with Gasteiger partial charge in [-0.15, -0.1) is 0 Å². The maximum atomic E-state index is 13.1. The van der Waals surface area contributed by atoms with Gasteiger partial charge in [0.15, 0.2) is 5.78 Å². The molecule has 0 aromatic heterocycles. The second-order valence-corrected chi connectivity index (χ2v) is 5.01. The summed E-state index contributed by atoms with van der Waals surface area (Å²) in [7, 11) is 0. The second-order valence-electron chi connectivity index (χ2n) is 4.58. The van der Waals surface area contributed by atoms with Crippen molar-refractivity contribution in [3.63, 3.8) is 0 Å². The minimum absolute atomic E-state index is 0.0481. The molecule has 1 unspecified atom stereocenters. The van der Waals surface area contributed by atoms with Crippen molar-refractivity contribution < 1.29 is 19.0 Å². The summed E-state index contributed by atoms with van der Waals surface area (Å²) in [6, 6.07) is 10.4. The maximum Gasteiger partial charge on any atom is 0.163 e. The Labute approximate surface area is 126 Å². The largest absolute Gasteiger partial charge is 0.490 e. The fourth-order valence-corrected chi connectivity index (χ4v) is 1.98. The van der Waals surface area contributed by atoms with E-state index in [0.717, 1.165) is 6.07 Å². The molecular formula is C16H14ClFO3.